The molecular weight excluding hydrogens is 178 g/mol. The highest BCUT2D eigenvalue weighted by Crippen LogP contribution is 2.21. The molecule has 4 heteroatoms. The molecule has 1 aromatic carbocycles. The maximum atomic E-state index is 9.14. The second kappa shape index (κ2) is 3.14. The smallest absolute Gasteiger partial charge is 0.115 e. The van der Waals surface area contributed by atoms with E-state index < -0.39 is 0 Å². The number of aromatic nitrogens is 3. The number of phenols is 1. The maximum Gasteiger partial charge on any atom is 0.115 e. The summed E-state index contributed by atoms with van der Waals surface area (Å²) in [4.78, 5) is 0. The number of nitrogens with zero attached hydrogens (tertiary/aromatic N) is 3. The molecule has 2 rings (SSSR count). The molecule has 0 spiro atoms. The van der Waals surface area contributed by atoms with E-state index in [1.807, 2.05) is 26.1 Å². The lowest BCUT2D eigenvalue weighted by molar-refractivity contribution is 0.475. The molecule has 0 unspecified atom stereocenters. The van der Waals surface area contributed by atoms with Gasteiger partial charge < -0.3 is 5.11 Å². The molecule has 1 heterocycles. The van der Waals surface area contributed by atoms with Crippen molar-refractivity contribution in [2.24, 2.45) is 7.05 Å². The summed E-state index contributed by atoms with van der Waals surface area (Å²) in [6, 6.07) is 6.94. The van der Waals surface area contributed by atoms with Gasteiger partial charge in [0.1, 0.15) is 11.4 Å². The third-order valence-corrected chi connectivity index (χ3v) is 2.25. The summed E-state index contributed by atoms with van der Waals surface area (Å²) in [7, 11) is 1.85. The number of rotatable bonds is 1. The van der Waals surface area contributed by atoms with Gasteiger partial charge in [0.2, 0.25) is 0 Å². The first-order valence-corrected chi connectivity index (χ1v) is 4.34. The van der Waals surface area contributed by atoms with E-state index in [4.69, 9.17) is 5.11 Å². The van der Waals surface area contributed by atoms with Gasteiger partial charge in [0.25, 0.3) is 0 Å². The van der Waals surface area contributed by atoms with E-state index in [1.165, 1.54) is 0 Å². The van der Waals surface area contributed by atoms with Crippen LogP contribution in [0, 0.1) is 6.92 Å². The Kier molecular flexibility index (Phi) is 1.96. The summed E-state index contributed by atoms with van der Waals surface area (Å²) in [5, 5.41) is 17.1. The van der Waals surface area contributed by atoms with Crippen LogP contribution in [0.3, 0.4) is 0 Å². The zero-order valence-corrected chi connectivity index (χ0v) is 8.10. The van der Waals surface area contributed by atoms with Crippen LogP contribution in [0.4, 0.5) is 0 Å². The standard InChI is InChI=1S/C10H11N3O/c1-7-10(11-12-13(7)2)8-3-5-9(14)6-4-8/h3-6,14H,1-2H3. The molecule has 4 nitrogen and oxygen atoms in total. The monoisotopic (exact) mass is 189 g/mol. The first-order chi connectivity index (χ1) is 6.68. The number of aryl methyl sites for hydroxylation is 1. The molecule has 0 aliphatic carbocycles. The zero-order valence-electron chi connectivity index (χ0n) is 8.10. The summed E-state index contributed by atoms with van der Waals surface area (Å²) in [6.07, 6.45) is 0. The number of benzene rings is 1. The topological polar surface area (TPSA) is 50.9 Å². The van der Waals surface area contributed by atoms with Gasteiger partial charge in [-0.15, -0.1) is 5.10 Å². The molecule has 1 N–H and O–H groups in total. The fourth-order valence-electron chi connectivity index (χ4n) is 1.29. The molecule has 0 amide bonds. The van der Waals surface area contributed by atoms with Crippen LogP contribution < -0.4 is 0 Å². The van der Waals surface area contributed by atoms with Gasteiger partial charge in [0.05, 0.1) is 5.69 Å². The normalized spacial score (nSPS) is 10.4. The highest BCUT2D eigenvalue weighted by atomic mass is 16.3. The fourth-order valence-corrected chi connectivity index (χ4v) is 1.29. The molecule has 14 heavy (non-hydrogen) atoms. The van der Waals surface area contributed by atoms with E-state index in [2.05, 4.69) is 10.3 Å². The first kappa shape index (κ1) is 8.74. The zero-order chi connectivity index (χ0) is 10.1. The third-order valence-electron chi connectivity index (χ3n) is 2.25. The van der Waals surface area contributed by atoms with Gasteiger partial charge in [-0.1, -0.05) is 5.21 Å². The SMILES string of the molecule is Cc1c(-c2ccc(O)cc2)nnn1C. The average molecular weight is 189 g/mol. The molecule has 0 fully saturated rings. The van der Waals surface area contributed by atoms with Crippen LogP contribution in [0.1, 0.15) is 5.69 Å². The molecular formula is C10H11N3O. The lowest BCUT2D eigenvalue weighted by atomic mass is 10.1. The first-order valence-electron chi connectivity index (χ1n) is 4.34. The van der Waals surface area contributed by atoms with Gasteiger partial charge in [-0.2, -0.15) is 0 Å². The predicted molar refractivity (Wildman–Crippen MR) is 52.8 cm³/mol. The number of hydrogen-bond acceptors (Lipinski definition) is 3. The highest BCUT2D eigenvalue weighted by Gasteiger charge is 2.07. The van der Waals surface area contributed by atoms with Crippen LogP contribution in [0.15, 0.2) is 24.3 Å². The van der Waals surface area contributed by atoms with Gasteiger partial charge in [0.15, 0.2) is 0 Å². The molecule has 2 aromatic rings. The third kappa shape index (κ3) is 1.35. The van der Waals surface area contributed by atoms with Crippen LogP contribution in [0.2, 0.25) is 0 Å². The Bertz CT molecular complexity index is 445. The Morgan fingerprint density at radius 2 is 1.86 bits per heavy atom. The molecule has 0 atom stereocenters. The fraction of sp³-hybridized carbons (Fsp3) is 0.200. The molecule has 0 aliphatic heterocycles. The lowest BCUT2D eigenvalue weighted by Gasteiger charge is -1.98. The van der Waals surface area contributed by atoms with Crippen molar-refractivity contribution in [1.82, 2.24) is 15.0 Å². The lowest BCUT2D eigenvalue weighted by Crippen LogP contribution is -1.92. The minimum absolute atomic E-state index is 0.260. The summed E-state index contributed by atoms with van der Waals surface area (Å²) in [5.74, 6) is 0.260. The summed E-state index contributed by atoms with van der Waals surface area (Å²) < 4.78 is 1.72. The van der Waals surface area contributed by atoms with Crippen LogP contribution in [-0.4, -0.2) is 20.1 Å². The van der Waals surface area contributed by atoms with E-state index >= 15 is 0 Å². The van der Waals surface area contributed by atoms with Gasteiger partial charge in [-0.3, -0.25) is 4.68 Å². The maximum absolute atomic E-state index is 9.14. The largest absolute Gasteiger partial charge is 0.508 e. The second-order valence-electron chi connectivity index (χ2n) is 3.19. The van der Waals surface area contributed by atoms with Crippen LogP contribution in [0.25, 0.3) is 11.3 Å². The molecule has 0 saturated carbocycles. The highest BCUT2D eigenvalue weighted by molar-refractivity contribution is 5.61. The molecule has 72 valence electrons. The van der Waals surface area contributed by atoms with E-state index in [0.717, 1.165) is 17.0 Å². The number of hydrogen-bond donors (Lipinski definition) is 1. The van der Waals surface area contributed by atoms with Crippen molar-refractivity contribution < 1.29 is 5.11 Å². The Morgan fingerprint density at radius 3 is 2.36 bits per heavy atom. The second-order valence-corrected chi connectivity index (χ2v) is 3.19. The Labute approximate surface area is 81.8 Å². The van der Waals surface area contributed by atoms with Crippen LogP contribution in [0.5, 0.6) is 5.75 Å². The molecule has 0 bridgehead atoms. The van der Waals surface area contributed by atoms with Gasteiger partial charge >= 0.3 is 0 Å². The summed E-state index contributed by atoms with van der Waals surface area (Å²) in [5.41, 5.74) is 2.83. The van der Waals surface area contributed by atoms with Gasteiger partial charge in [-0.25, -0.2) is 0 Å². The van der Waals surface area contributed by atoms with Crippen molar-refractivity contribution in [2.45, 2.75) is 6.92 Å². The average Bonchev–Trinajstić information content (AvgIpc) is 2.50. The van der Waals surface area contributed by atoms with E-state index in [9.17, 15) is 0 Å². The van der Waals surface area contributed by atoms with Crippen molar-refractivity contribution in [3.05, 3.63) is 30.0 Å². The van der Waals surface area contributed by atoms with Crippen molar-refractivity contribution >= 4 is 0 Å². The van der Waals surface area contributed by atoms with Crippen LogP contribution >= 0.6 is 0 Å². The molecule has 0 aliphatic rings. The Morgan fingerprint density at radius 1 is 1.21 bits per heavy atom. The minimum atomic E-state index is 0.260. The van der Waals surface area contributed by atoms with Crippen molar-refractivity contribution in [3.63, 3.8) is 0 Å². The van der Waals surface area contributed by atoms with Crippen molar-refractivity contribution in [3.8, 4) is 17.0 Å². The van der Waals surface area contributed by atoms with E-state index in [-0.39, 0.29) is 5.75 Å². The van der Waals surface area contributed by atoms with E-state index in [1.54, 1.807) is 16.8 Å². The summed E-state index contributed by atoms with van der Waals surface area (Å²) >= 11 is 0. The Hall–Kier alpha value is -1.84. The van der Waals surface area contributed by atoms with Crippen molar-refractivity contribution in [1.29, 1.82) is 0 Å². The van der Waals surface area contributed by atoms with Gasteiger partial charge in [-0.05, 0) is 31.2 Å². The molecule has 0 radical (unpaired) electrons. The number of phenolic OH excluding ortho intramolecular Hbond substituents is 1. The van der Waals surface area contributed by atoms with Crippen molar-refractivity contribution in [2.75, 3.05) is 0 Å². The Balaban J connectivity index is 2.49. The minimum Gasteiger partial charge on any atom is -0.508 e. The van der Waals surface area contributed by atoms with Crippen LogP contribution in [-0.2, 0) is 7.05 Å². The van der Waals surface area contributed by atoms with E-state index in [0.29, 0.717) is 0 Å². The quantitative estimate of drug-likeness (QED) is 0.739. The van der Waals surface area contributed by atoms with Gasteiger partial charge in [0, 0.05) is 12.6 Å². The summed E-state index contributed by atoms with van der Waals surface area (Å²) in [6.45, 7) is 1.96. The molecule has 0 saturated heterocycles. The predicted octanol–water partition coefficient (Wildman–Crippen LogP) is 1.50. The molecule has 1 aromatic heterocycles. The number of aromatic hydroxyl groups is 1.